The standard InChI is InChI=1S/C48H43N/c1-47(2,3)33-15-11-13-31(27-33)35-23-21-30-22-24-39-41(32-14-12-16-34(28-32)48(4,5)6)29-44(40-26-25-38(35)45(30)46(39)40)49-42-19-9-7-17-36(42)37-18-8-10-20-43(37)49/h7-14,16-29,33H,15H2,1-6H3. The summed E-state index contributed by atoms with van der Waals surface area (Å²) in [5, 5.41) is 10.5. The highest BCUT2D eigenvalue weighted by atomic mass is 15.0. The quantitative estimate of drug-likeness (QED) is 0.171. The number of rotatable bonds is 3. The first-order valence-electron chi connectivity index (χ1n) is 17.8. The first-order valence-corrected chi connectivity index (χ1v) is 17.8. The lowest BCUT2D eigenvalue weighted by atomic mass is 9.75. The maximum absolute atomic E-state index is 2.53. The summed E-state index contributed by atoms with van der Waals surface area (Å²) in [4.78, 5) is 0. The van der Waals surface area contributed by atoms with E-state index in [2.05, 4.69) is 180 Å². The van der Waals surface area contributed by atoms with Crippen LogP contribution in [0.1, 0.15) is 59.1 Å². The Morgan fingerprint density at radius 1 is 0.571 bits per heavy atom. The Kier molecular flexibility index (Phi) is 6.53. The molecule has 0 N–H and O–H groups in total. The zero-order chi connectivity index (χ0) is 33.7. The van der Waals surface area contributed by atoms with Gasteiger partial charge in [0.1, 0.15) is 0 Å². The maximum atomic E-state index is 2.53. The monoisotopic (exact) mass is 633 g/mol. The molecular weight excluding hydrogens is 591 g/mol. The lowest BCUT2D eigenvalue weighted by molar-refractivity contribution is 0.294. The van der Waals surface area contributed by atoms with E-state index in [1.807, 2.05) is 0 Å². The van der Waals surface area contributed by atoms with E-state index in [-0.39, 0.29) is 10.8 Å². The molecule has 49 heavy (non-hydrogen) atoms. The minimum atomic E-state index is 0.0521. The lowest BCUT2D eigenvalue weighted by Gasteiger charge is -2.30. The number of hydrogen-bond donors (Lipinski definition) is 0. The summed E-state index contributed by atoms with van der Waals surface area (Å²) in [6.45, 7) is 14.0. The summed E-state index contributed by atoms with van der Waals surface area (Å²) in [5.41, 5.74) is 10.5. The molecule has 8 aromatic rings. The molecule has 1 heterocycles. The van der Waals surface area contributed by atoms with Crippen molar-refractivity contribution in [2.24, 2.45) is 11.3 Å². The molecule has 9 rings (SSSR count). The summed E-state index contributed by atoms with van der Waals surface area (Å²) >= 11 is 0. The third kappa shape index (κ3) is 4.66. The van der Waals surface area contributed by atoms with E-state index in [1.165, 1.54) is 87.6 Å². The van der Waals surface area contributed by atoms with Crippen molar-refractivity contribution in [2.75, 3.05) is 0 Å². The molecule has 7 aromatic carbocycles. The van der Waals surface area contributed by atoms with Crippen LogP contribution in [-0.2, 0) is 5.41 Å². The average molecular weight is 634 g/mol. The summed E-state index contributed by atoms with van der Waals surface area (Å²) < 4.78 is 2.51. The number of nitrogens with zero attached hydrogens (tertiary/aromatic N) is 1. The van der Waals surface area contributed by atoms with E-state index in [4.69, 9.17) is 0 Å². The second-order valence-corrected chi connectivity index (χ2v) is 16.2. The molecule has 0 bridgehead atoms. The van der Waals surface area contributed by atoms with Gasteiger partial charge in [-0.25, -0.2) is 0 Å². The van der Waals surface area contributed by atoms with Crippen LogP contribution in [0.2, 0.25) is 0 Å². The molecule has 1 atom stereocenters. The Hall–Kier alpha value is -5.14. The molecule has 1 nitrogen and oxygen atoms in total. The molecule has 0 fully saturated rings. The zero-order valence-electron chi connectivity index (χ0n) is 29.4. The third-order valence-corrected chi connectivity index (χ3v) is 11.1. The van der Waals surface area contributed by atoms with Gasteiger partial charge in [0.25, 0.3) is 0 Å². The molecule has 0 spiro atoms. The molecule has 0 saturated heterocycles. The van der Waals surface area contributed by atoms with Gasteiger partial charge in [0.15, 0.2) is 0 Å². The Bertz CT molecular complexity index is 2590. The highest BCUT2D eigenvalue weighted by Crippen LogP contribution is 2.47. The third-order valence-electron chi connectivity index (χ3n) is 11.1. The van der Waals surface area contributed by atoms with Crippen molar-refractivity contribution in [1.82, 2.24) is 4.57 Å². The second-order valence-electron chi connectivity index (χ2n) is 16.2. The van der Waals surface area contributed by atoms with Crippen molar-refractivity contribution >= 4 is 59.7 Å². The van der Waals surface area contributed by atoms with Crippen LogP contribution in [0.4, 0.5) is 0 Å². The van der Waals surface area contributed by atoms with Crippen molar-refractivity contribution in [3.8, 4) is 16.8 Å². The fourth-order valence-electron chi connectivity index (χ4n) is 8.35. The van der Waals surface area contributed by atoms with Gasteiger partial charge in [-0.2, -0.15) is 0 Å². The topological polar surface area (TPSA) is 4.93 Å². The van der Waals surface area contributed by atoms with Crippen molar-refractivity contribution in [1.29, 1.82) is 0 Å². The van der Waals surface area contributed by atoms with Gasteiger partial charge in [0.2, 0.25) is 0 Å². The summed E-state index contributed by atoms with van der Waals surface area (Å²) in [5.74, 6) is 0.509. The number of allylic oxidation sites excluding steroid dienone is 4. The van der Waals surface area contributed by atoms with Gasteiger partial charge in [-0.15, -0.1) is 0 Å². The Balaban J connectivity index is 1.43. The zero-order valence-corrected chi connectivity index (χ0v) is 29.4. The van der Waals surface area contributed by atoms with Crippen LogP contribution >= 0.6 is 0 Å². The fraction of sp³-hybridized carbons (Fsp3) is 0.208. The summed E-state index contributed by atoms with van der Waals surface area (Å²) in [6.07, 6.45) is 8.35. The average Bonchev–Trinajstić information content (AvgIpc) is 3.44. The van der Waals surface area contributed by atoms with Crippen LogP contribution in [0.15, 0.2) is 133 Å². The van der Waals surface area contributed by atoms with Crippen molar-refractivity contribution < 1.29 is 0 Å². The van der Waals surface area contributed by atoms with Gasteiger partial charge in [-0.05, 0) is 90.7 Å². The van der Waals surface area contributed by atoms with Crippen molar-refractivity contribution in [3.63, 3.8) is 0 Å². The maximum Gasteiger partial charge on any atom is 0.0547 e. The number of hydrogen-bond acceptors (Lipinski definition) is 0. The molecule has 0 aliphatic heterocycles. The van der Waals surface area contributed by atoms with Crippen molar-refractivity contribution in [2.45, 2.75) is 53.4 Å². The highest BCUT2D eigenvalue weighted by Gasteiger charge is 2.26. The molecule has 240 valence electrons. The van der Waals surface area contributed by atoms with Crippen LogP contribution in [0, 0.1) is 11.3 Å². The normalized spacial score (nSPS) is 15.7. The van der Waals surface area contributed by atoms with Gasteiger partial charge >= 0.3 is 0 Å². The van der Waals surface area contributed by atoms with E-state index in [0.29, 0.717) is 5.92 Å². The van der Waals surface area contributed by atoms with Crippen LogP contribution < -0.4 is 0 Å². The SMILES string of the molecule is CC(C)(C)c1cccc(-c2cc(-n3c4ccccc4c4ccccc43)c3ccc4c(C5=CC(C(C)(C)C)CC=C5)ccc5ccc2c3c54)c1. The number of fused-ring (bicyclic) bond motifs is 3. The van der Waals surface area contributed by atoms with Crippen LogP contribution in [0.3, 0.4) is 0 Å². The van der Waals surface area contributed by atoms with Gasteiger partial charge < -0.3 is 4.57 Å². The number of aromatic nitrogens is 1. The van der Waals surface area contributed by atoms with Gasteiger partial charge in [0, 0.05) is 21.5 Å². The fourth-order valence-corrected chi connectivity index (χ4v) is 8.35. The molecule has 1 heteroatoms. The van der Waals surface area contributed by atoms with Gasteiger partial charge in [0.05, 0.1) is 16.7 Å². The first kappa shape index (κ1) is 30.0. The molecule has 0 amide bonds. The number of para-hydroxylation sites is 2. The van der Waals surface area contributed by atoms with E-state index < -0.39 is 0 Å². The largest absolute Gasteiger partial charge is 0.309 e. The highest BCUT2D eigenvalue weighted by molar-refractivity contribution is 6.29. The number of benzene rings is 7. The Morgan fingerprint density at radius 2 is 1.22 bits per heavy atom. The summed E-state index contributed by atoms with van der Waals surface area (Å²) in [6, 6.07) is 43.6. The van der Waals surface area contributed by atoms with Crippen LogP contribution in [0.5, 0.6) is 0 Å². The molecule has 0 saturated carbocycles. The molecular formula is C48H43N. The lowest BCUT2D eigenvalue weighted by Crippen LogP contribution is -2.19. The molecule has 1 aliphatic rings. The van der Waals surface area contributed by atoms with E-state index in [1.54, 1.807) is 0 Å². The van der Waals surface area contributed by atoms with Crippen LogP contribution in [-0.4, -0.2) is 4.57 Å². The van der Waals surface area contributed by atoms with E-state index >= 15 is 0 Å². The molecule has 0 radical (unpaired) electrons. The Labute approximate surface area is 289 Å². The van der Waals surface area contributed by atoms with E-state index in [0.717, 1.165) is 6.42 Å². The van der Waals surface area contributed by atoms with Crippen molar-refractivity contribution in [3.05, 3.63) is 145 Å². The summed E-state index contributed by atoms with van der Waals surface area (Å²) in [7, 11) is 0. The minimum Gasteiger partial charge on any atom is -0.309 e. The van der Waals surface area contributed by atoms with Gasteiger partial charge in [-0.1, -0.05) is 157 Å². The van der Waals surface area contributed by atoms with Gasteiger partial charge in [-0.3, -0.25) is 0 Å². The molecule has 1 aromatic heterocycles. The van der Waals surface area contributed by atoms with E-state index in [9.17, 15) is 0 Å². The molecule has 1 unspecified atom stereocenters. The molecule has 1 aliphatic carbocycles. The smallest absolute Gasteiger partial charge is 0.0547 e. The van der Waals surface area contributed by atoms with Crippen LogP contribution in [0.25, 0.3) is 76.5 Å². The minimum absolute atomic E-state index is 0.0521. The second kappa shape index (κ2) is 10.7. The Morgan fingerprint density at radius 3 is 1.94 bits per heavy atom. The predicted octanol–water partition coefficient (Wildman–Crippen LogP) is 13.7. The first-order chi connectivity index (χ1) is 23.6. The predicted molar refractivity (Wildman–Crippen MR) is 213 cm³/mol.